The molecular weight excluding hydrogens is 98.1 g/mol. The van der Waals surface area contributed by atoms with E-state index < -0.39 is 0 Å². The molecule has 0 aliphatic heterocycles. The van der Waals surface area contributed by atoms with Crippen molar-refractivity contribution in [2.45, 2.75) is 31.7 Å². The molecule has 0 amide bonds. The Hall–Kier alpha value is -0.0400. The van der Waals surface area contributed by atoms with Crippen molar-refractivity contribution in [3.05, 3.63) is 5.73 Å². The van der Waals surface area contributed by atoms with E-state index in [1.807, 2.05) is 0 Å². The fourth-order valence-electron chi connectivity index (χ4n) is 2.16. The van der Waals surface area contributed by atoms with Gasteiger partial charge in [-0.15, -0.1) is 6.04 Å². The summed E-state index contributed by atoms with van der Waals surface area (Å²) in [6.45, 7) is 0. The maximum Gasteiger partial charge on any atom is -0.0423 e. The number of hydrogen-bond donors (Lipinski definition) is 0. The first kappa shape index (κ1) is 4.80. The van der Waals surface area contributed by atoms with Gasteiger partial charge in [0.05, 0.1) is 0 Å². The Morgan fingerprint density at radius 1 is 0.875 bits per heavy atom. The predicted octanol–water partition coefficient (Wildman–Crippen LogP) is 2.23. The van der Waals surface area contributed by atoms with Gasteiger partial charge in [0.15, 0.2) is 0 Å². The van der Waals surface area contributed by atoms with E-state index >= 15 is 0 Å². The van der Waals surface area contributed by atoms with Crippen LogP contribution in [0.3, 0.4) is 0 Å². The lowest BCUT2D eigenvalue weighted by Gasteiger charge is -2.47. The van der Waals surface area contributed by atoms with Crippen LogP contribution < -0.4 is 0 Å². The molecule has 0 aromatic carbocycles. The summed E-state index contributed by atoms with van der Waals surface area (Å²) in [5, 5.41) is 0. The van der Waals surface area contributed by atoms with Gasteiger partial charge in [-0.2, -0.15) is 0 Å². The summed E-state index contributed by atoms with van der Waals surface area (Å²) in [5.74, 6) is 1.94. The highest BCUT2D eigenvalue weighted by Gasteiger charge is 2.33. The lowest BCUT2D eigenvalue weighted by Crippen LogP contribution is -2.34. The highest BCUT2D eigenvalue weighted by atomic mass is 14.7. The van der Waals surface area contributed by atoms with Crippen molar-refractivity contribution in [1.29, 1.82) is 0 Å². The Morgan fingerprint density at radius 3 is 1.62 bits per heavy atom. The number of hydrogen-bond acceptors (Lipinski definition) is 0. The summed E-state index contributed by atoms with van der Waals surface area (Å²) in [4.78, 5) is 0. The molecule has 3 fully saturated rings. The second-order valence-corrected chi connectivity index (χ2v) is 3.37. The molecule has 0 aromatic rings. The van der Waals surface area contributed by atoms with Gasteiger partial charge in [0.25, 0.3) is 0 Å². The Bertz CT molecular complexity index is 84.6. The summed E-state index contributed by atoms with van der Waals surface area (Å²) >= 11 is 0. The number of rotatable bonds is 0. The van der Waals surface area contributed by atoms with E-state index in [1.54, 1.807) is 0 Å². The average molecular weight is 110 g/mol. The summed E-state index contributed by atoms with van der Waals surface area (Å²) in [7, 11) is 0. The van der Waals surface area contributed by atoms with E-state index in [0.29, 0.717) is 6.04 Å². The van der Waals surface area contributed by atoms with Crippen molar-refractivity contribution >= 4 is 0 Å². The molecule has 0 aromatic heterocycles. The van der Waals surface area contributed by atoms with E-state index in [-0.39, 0.29) is 0 Å². The molecule has 0 saturated heterocycles. The SMILES string of the molecule is [NH-]C1CC2CC(C1)C2. The highest BCUT2D eigenvalue weighted by molar-refractivity contribution is 4.94. The molecule has 1 nitrogen and oxygen atoms in total. The molecule has 3 aliphatic rings. The quantitative estimate of drug-likeness (QED) is 0.456. The van der Waals surface area contributed by atoms with Crippen molar-refractivity contribution in [3.63, 3.8) is 0 Å². The van der Waals surface area contributed by atoms with Crippen molar-refractivity contribution in [2.75, 3.05) is 0 Å². The van der Waals surface area contributed by atoms with E-state index in [4.69, 9.17) is 5.73 Å². The zero-order valence-electron chi connectivity index (χ0n) is 5.06. The van der Waals surface area contributed by atoms with Gasteiger partial charge in [-0.25, -0.2) is 0 Å². The van der Waals surface area contributed by atoms with Gasteiger partial charge in [0.1, 0.15) is 0 Å². The zero-order chi connectivity index (χ0) is 5.56. The molecule has 1 heteroatoms. The van der Waals surface area contributed by atoms with E-state index in [1.165, 1.54) is 25.7 Å². The second kappa shape index (κ2) is 1.47. The topological polar surface area (TPSA) is 23.8 Å². The monoisotopic (exact) mass is 110 g/mol. The summed E-state index contributed by atoms with van der Waals surface area (Å²) in [6.07, 6.45) is 5.32. The first-order chi connectivity index (χ1) is 3.84. The summed E-state index contributed by atoms with van der Waals surface area (Å²) < 4.78 is 0. The predicted molar refractivity (Wildman–Crippen MR) is 33.6 cm³/mol. The van der Waals surface area contributed by atoms with Crippen LogP contribution in [0.5, 0.6) is 0 Å². The van der Waals surface area contributed by atoms with Gasteiger partial charge < -0.3 is 5.73 Å². The van der Waals surface area contributed by atoms with E-state index in [9.17, 15) is 0 Å². The van der Waals surface area contributed by atoms with Gasteiger partial charge in [-0.3, -0.25) is 0 Å². The third kappa shape index (κ3) is 0.576. The minimum atomic E-state index is 0.312. The fourth-order valence-corrected chi connectivity index (χ4v) is 2.16. The molecule has 3 aliphatic carbocycles. The van der Waals surface area contributed by atoms with Gasteiger partial charge in [-0.05, 0) is 24.7 Å². The maximum absolute atomic E-state index is 7.43. The van der Waals surface area contributed by atoms with Crippen molar-refractivity contribution < 1.29 is 0 Å². The van der Waals surface area contributed by atoms with Crippen molar-refractivity contribution in [1.82, 2.24) is 0 Å². The Kier molecular flexibility index (Phi) is 0.884. The van der Waals surface area contributed by atoms with Crippen LogP contribution in [0.15, 0.2) is 0 Å². The van der Waals surface area contributed by atoms with Crippen LogP contribution in [-0.2, 0) is 0 Å². The molecule has 0 atom stereocenters. The van der Waals surface area contributed by atoms with E-state index in [0.717, 1.165) is 11.8 Å². The fraction of sp³-hybridized carbons (Fsp3) is 1.00. The average Bonchev–Trinajstić information content (AvgIpc) is 1.62. The smallest absolute Gasteiger partial charge is 0.0423 e. The second-order valence-electron chi connectivity index (χ2n) is 3.37. The van der Waals surface area contributed by atoms with Crippen molar-refractivity contribution in [3.8, 4) is 0 Å². The molecule has 0 heterocycles. The number of nitrogens with one attached hydrogen (secondary N) is 1. The Balaban J connectivity index is 1.97. The minimum absolute atomic E-state index is 0.312. The molecule has 0 spiro atoms. The standard InChI is InChI=1S/C7H12N/c8-7-3-5-1-6(2-5)4-7/h5-8H,1-4H2/q-1. The van der Waals surface area contributed by atoms with Crippen LogP contribution in [0.2, 0.25) is 0 Å². The van der Waals surface area contributed by atoms with Crippen LogP contribution in [-0.4, -0.2) is 6.04 Å². The van der Waals surface area contributed by atoms with Crippen LogP contribution >= 0.6 is 0 Å². The molecule has 46 valence electrons. The van der Waals surface area contributed by atoms with Crippen LogP contribution in [0.1, 0.15) is 25.7 Å². The van der Waals surface area contributed by atoms with Crippen LogP contribution in [0, 0.1) is 11.8 Å². The van der Waals surface area contributed by atoms with Gasteiger partial charge >= 0.3 is 0 Å². The lowest BCUT2D eigenvalue weighted by molar-refractivity contribution is 0.110. The first-order valence-corrected chi connectivity index (χ1v) is 3.55. The normalized spacial score (nSPS) is 52.9. The zero-order valence-corrected chi connectivity index (χ0v) is 5.06. The third-order valence-electron chi connectivity index (χ3n) is 2.57. The molecule has 8 heavy (non-hydrogen) atoms. The summed E-state index contributed by atoms with van der Waals surface area (Å²) in [6, 6.07) is 0.312. The Labute approximate surface area is 50.3 Å². The molecule has 3 rings (SSSR count). The first-order valence-electron chi connectivity index (χ1n) is 3.55. The lowest BCUT2D eigenvalue weighted by atomic mass is 9.64. The molecule has 1 N–H and O–H groups in total. The van der Waals surface area contributed by atoms with Crippen LogP contribution in [0.25, 0.3) is 5.73 Å². The van der Waals surface area contributed by atoms with Gasteiger partial charge in [0.2, 0.25) is 0 Å². The van der Waals surface area contributed by atoms with Gasteiger partial charge in [-0.1, -0.05) is 12.8 Å². The molecule has 0 radical (unpaired) electrons. The maximum atomic E-state index is 7.43. The molecule has 3 saturated carbocycles. The van der Waals surface area contributed by atoms with Gasteiger partial charge in [0, 0.05) is 0 Å². The summed E-state index contributed by atoms with van der Waals surface area (Å²) in [5.41, 5.74) is 7.43. The Morgan fingerprint density at radius 2 is 1.38 bits per heavy atom. The van der Waals surface area contributed by atoms with Crippen molar-refractivity contribution in [2.24, 2.45) is 11.8 Å². The third-order valence-corrected chi connectivity index (χ3v) is 2.57. The van der Waals surface area contributed by atoms with Crippen LogP contribution in [0.4, 0.5) is 0 Å². The van der Waals surface area contributed by atoms with E-state index in [2.05, 4.69) is 0 Å². The highest BCUT2D eigenvalue weighted by Crippen LogP contribution is 2.45. The minimum Gasteiger partial charge on any atom is -0.675 e. The number of fused-ring (bicyclic) bond motifs is 2. The molecule has 2 bridgehead atoms. The molecular formula is C7H12N-. The molecule has 0 unspecified atom stereocenters. The largest absolute Gasteiger partial charge is 0.675 e.